The van der Waals surface area contributed by atoms with Crippen molar-refractivity contribution in [1.82, 2.24) is 24.6 Å². The van der Waals surface area contributed by atoms with E-state index in [4.69, 9.17) is 16.3 Å². The van der Waals surface area contributed by atoms with E-state index >= 15 is 0 Å². The Hall–Kier alpha value is -2.47. The van der Waals surface area contributed by atoms with Gasteiger partial charge in [0.2, 0.25) is 5.91 Å². The number of rotatable bonds is 6. The number of nitrogens with one attached hydrogen (secondary N) is 2. The number of H-pyrrole nitrogens is 1. The second-order valence-corrected chi connectivity index (χ2v) is 7.29. The van der Waals surface area contributed by atoms with E-state index in [1.54, 1.807) is 10.9 Å². The number of aryl methyl sites for hydroxylation is 2. The fourth-order valence-corrected chi connectivity index (χ4v) is 3.23. The molecule has 12 heteroatoms. The zero-order chi connectivity index (χ0) is 21.1. The molecule has 1 saturated heterocycles. The molecule has 2 aromatic heterocycles. The summed E-state index contributed by atoms with van der Waals surface area (Å²) in [6, 6.07) is 1.03. The van der Waals surface area contributed by atoms with Gasteiger partial charge in [0.05, 0.1) is 24.9 Å². The molecule has 0 radical (unpaired) electrons. The van der Waals surface area contributed by atoms with Gasteiger partial charge in [-0.1, -0.05) is 11.6 Å². The average Bonchev–Trinajstić information content (AvgIpc) is 3.09. The monoisotopic (exact) mass is 427 g/mol. The van der Waals surface area contributed by atoms with Crippen molar-refractivity contribution in [2.75, 3.05) is 6.61 Å². The molecule has 0 bridgehead atoms. The highest BCUT2D eigenvalue weighted by atomic mass is 35.5. The van der Waals surface area contributed by atoms with Crippen LogP contribution in [0.4, 0.5) is 0 Å². The molecule has 0 saturated carbocycles. The van der Waals surface area contributed by atoms with Crippen molar-refractivity contribution in [3.8, 4) is 0 Å². The summed E-state index contributed by atoms with van der Waals surface area (Å²) in [6.45, 7) is 2.04. The van der Waals surface area contributed by atoms with Crippen molar-refractivity contribution in [3.05, 3.63) is 50.0 Å². The minimum absolute atomic E-state index is 0.0542. The lowest BCUT2D eigenvalue weighted by Crippen LogP contribution is -2.60. The number of aliphatic hydroxyl groups is 2. The SMILES string of the molecule is Cc1ccn(CCC(=O)N[C@@H]2CO[C@H](Cn3cc(Cl)c(=O)[nH]c3=O)[C@@H](O)[C@H]2O)n1. The van der Waals surface area contributed by atoms with Crippen LogP contribution in [0.15, 0.2) is 28.0 Å². The Morgan fingerprint density at radius 1 is 1.41 bits per heavy atom. The van der Waals surface area contributed by atoms with Gasteiger partial charge in [0.25, 0.3) is 5.56 Å². The largest absolute Gasteiger partial charge is 0.388 e. The van der Waals surface area contributed by atoms with Crippen LogP contribution < -0.4 is 16.6 Å². The number of amides is 1. The third kappa shape index (κ3) is 5.12. The highest BCUT2D eigenvalue weighted by Crippen LogP contribution is 2.17. The second-order valence-electron chi connectivity index (χ2n) is 6.89. The summed E-state index contributed by atoms with van der Waals surface area (Å²) in [5, 5.41) is 27.3. The molecule has 2 aromatic rings. The predicted octanol–water partition coefficient (Wildman–Crippen LogP) is -1.61. The van der Waals surface area contributed by atoms with Crippen LogP contribution in [0.5, 0.6) is 0 Å². The number of halogens is 1. The Balaban J connectivity index is 1.55. The van der Waals surface area contributed by atoms with Crippen molar-refractivity contribution < 1.29 is 19.7 Å². The van der Waals surface area contributed by atoms with E-state index in [0.29, 0.717) is 6.54 Å². The van der Waals surface area contributed by atoms with E-state index in [0.717, 1.165) is 16.5 Å². The number of hydrogen-bond acceptors (Lipinski definition) is 7. The number of ether oxygens (including phenoxy) is 1. The topological polar surface area (TPSA) is 151 Å². The first-order chi connectivity index (χ1) is 13.7. The van der Waals surface area contributed by atoms with Crippen molar-refractivity contribution in [1.29, 1.82) is 0 Å². The third-order valence-electron chi connectivity index (χ3n) is 4.67. The molecule has 29 heavy (non-hydrogen) atoms. The smallest absolute Gasteiger partial charge is 0.328 e. The molecule has 11 nitrogen and oxygen atoms in total. The molecule has 1 fully saturated rings. The van der Waals surface area contributed by atoms with Gasteiger partial charge in [-0.05, 0) is 13.0 Å². The first-order valence-corrected chi connectivity index (χ1v) is 9.39. The van der Waals surface area contributed by atoms with Crippen LogP contribution in [-0.4, -0.2) is 66.4 Å². The van der Waals surface area contributed by atoms with Gasteiger partial charge < -0.3 is 20.3 Å². The van der Waals surface area contributed by atoms with Gasteiger partial charge >= 0.3 is 5.69 Å². The minimum atomic E-state index is -1.36. The lowest BCUT2D eigenvalue weighted by molar-refractivity contribution is -0.158. The van der Waals surface area contributed by atoms with Crippen molar-refractivity contribution in [3.63, 3.8) is 0 Å². The summed E-state index contributed by atoms with van der Waals surface area (Å²) in [7, 11) is 0. The van der Waals surface area contributed by atoms with E-state index in [1.165, 1.54) is 0 Å². The number of carbonyl (C=O) groups excluding carboxylic acids is 1. The summed E-state index contributed by atoms with van der Waals surface area (Å²) in [5.74, 6) is -0.319. The zero-order valence-corrected chi connectivity index (χ0v) is 16.4. The minimum Gasteiger partial charge on any atom is -0.388 e. The Morgan fingerprint density at radius 2 is 2.17 bits per heavy atom. The van der Waals surface area contributed by atoms with Gasteiger partial charge in [0, 0.05) is 25.4 Å². The molecule has 0 aliphatic carbocycles. The van der Waals surface area contributed by atoms with E-state index < -0.39 is 35.6 Å². The van der Waals surface area contributed by atoms with E-state index in [9.17, 15) is 24.6 Å². The van der Waals surface area contributed by atoms with Crippen molar-refractivity contribution in [2.24, 2.45) is 0 Å². The van der Waals surface area contributed by atoms with Gasteiger partial charge in [0.15, 0.2) is 0 Å². The molecule has 1 aliphatic heterocycles. The Labute approximate surface area is 169 Å². The van der Waals surface area contributed by atoms with E-state index in [2.05, 4.69) is 10.4 Å². The summed E-state index contributed by atoms with van der Waals surface area (Å²) in [4.78, 5) is 37.3. The van der Waals surface area contributed by atoms with Gasteiger partial charge in [-0.3, -0.25) is 23.8 Å². The van der Waals surface area contributed by atoms with Crippen LogP contribution in [-0.2, 0) is 22.6 Å². The number of carbonyl (C=O) groups is 1. The van der Waals surface area contributed by atoms with Gasteiger partial charge in [-0.2, -0.15) is 5.10 Å². The van der Waals surface area contributed by atoms with Gasteiger partial charge in [-0.25, -0.2) is 4.79 Å². The third-order valence-corrected chi connectivity index (χ3v) is 4.93. The molecule has 0 aromatic carbocycles. The van der Waals surface area contributed by atoms with Crippen LogP contribution in [0.1, 0.15) is 12.1 Å². The quantitative estimate of drug-likeness (QED) is 0.433. The molecule has 0 unspecified atom stereocenters. The molecular formula is C17H22ClN5O6. The second kappa shape index (κ2) is 8.91. The fourth-order valence-electron chi connectivity index (χ4n) is 3.07. The van der Waals surface area contributed by atoms with Crippen LogP contribution in [0.3, 0.4) is 0 Å². The highest BCUT2D eigenvalue weighted by molar-refractivity contribution is 6.30. The fraction of sp³-hybridized carbons (Fsp3) is 0.529. The van der Waals surface area contributed by atoms with Crippen LogP contribution in [0, 0.1) is 6.92 Å². The first-order valence-electron chi connectivity index (χ1n) is 9.01. The molecule has 1 amide bonds. The van der Waals surface area contributed by atoms with E-state index in [-0.39, 0.29) is 30.5 Å². The summed E-state index contributed by atoms with van der Waals surface area (Å²) in [6.07, 6.45) is -0.532. The molecule has 1 aliphatic rings. The Morgan fingerprint density at radius 3 is 2.86 bits per heavy atom. The number of aromatic amines is 1. The summed E-state index contributed by atoms with van der Waals surface area (Å²) >= 11 is 5.71. The number of nitrogens with zero attached hydrogens (tertiary/aromatic N) is 3. The highest BCUT2D eigenvalue weighted by Gasteiger charge is 2.39. The van der Waals surface area contributed by atoms with Crippen molar-refractivity contribution in [2.45, 2.75) is 50.8 Å². The normalized spacial score (nSPS) is 24.4. The molecule has 0 spiro atoms. The molecule has 158 valence electrons. The number of aliphatic hydroxyl groups excluding tert-OH is 2. The van der Waals surface area contributed by atoms with Crippen molar-refractivity contribution >= 4 is 17.5 Å². The van der Waals surface area contributed by atoms with Crippen LogP contribution in [0.25, 0.3) is 0 Å². The first kappa shape index (κ1) is 21.2. The Kier molecular flexibility index (Phi) is 6.52. The number of aromatic nitrogens is 4. The molecule has 3 rings (SSSR count). The lowest BCUT2D eigenvalue weighted by atomic mass is 9.97. The van der Waals surface area contributed by atoms with Gasteiger partial charge in [-0.15, -0.1) is 0 Å². The van der Waals surface area contributed by atoms with Crippen LogP contribution >= 0.6 is 11.6 Å². The Bertz CT molecular complexity index is 985. The maximum Gasteiger partial charge on any atom is 0.328 e. The zero-order valence-electron chi connectivity index (χ0n) is 15.6. The number of hydrogen-bond donors (Lipinski definition) is 4. The average molecular weight is 428 g/mol. The summed E-state index contributed by atoms with van der Waals surface area (Å²) in [5.41, 5.74) is -0.585. The van der Waals surface area contributed by atoms with Crippen LogP contribution in [0.2, 0.25) is 5.02 Å². The lowest BCUT2D eigenvalue weighted by Gasteiger charge is -2.38. The maximum atomic E-state index is 12.1. The standard InChI is InChI=1S/C17H22ClN5O6/c1-9-2-4-23(21-9)5-3-13(24)19-11-8-29-12(15(26)14(11)25)7-22-6-10(18)16(27)20-17(22)28/h2,4,6,11-12,14-15,25-26H,3,5,7-8H2,1H3,(H,19,24)(H,20,27,28)/t11-,12-,14+,15-/m1/s1. The maximum absolute atomic E-state index is 12.1. The molecule has 4 N–H and O–H groups in total. The summed E-state index contributed by atoms with van der Waals surface area (Å²) < 4.78 is 8.25. The van der Waals surface area contributed by atoms with E-state index in [1.807, 2.05) is 18.0 Å². The van der Waals surface area contributed by atoms with Gasteiger partial charge in [0.1, 0.15) is 23.3 Å². The molecule has 3 heterocycles. The molecular weight excluding hydrogens is 406 g/mol. The predicted molar refractivity (Wildman–Crippen MR) is 102 cm³/mol. The molecule has 4 atom stereocenters.